The fourth-order valence-corrected chi connectivity index (χ4v) is 3.73. The lowest BCUT2D eigenvalue weighted by Gasteiger charge is -2.31. The Morgan fingerprint density at radius 2 is 2.21 bits per heavy atom. The van der Waals surface area contributed by atoms with E-state index in [4.69, 9.17) is 4.74 Å². The molecule has 0 radical (unpaired) electrons. The number of nitrogens with one attached hydrogen (secondary N) is 1. The van der Waals surface area contributed by atoms with Gasteiger partial charge in [0.25, 0.3) is 0 Å². The number of likely N-dealkylation sites (tertiary alicyclic amines) is 1. The molecule has 0 spiro atoms. The summed E-state index contributed by atoms with van der Waals surface area (Å²) in [5.41, 5.74) is 1.12. The first-order chi connectivity index (χ1) is 11.7. The van der Waals surface area contributed by atoms with E-state index in [-0.39, 0.29) is 5.78 Å². The molecule has 1 N–H and O–H groups in total. The fourth-order valence-electron chi connectivity index (χ4n) is 3.35. The SMILES string of the molecule is O=C(CCCC1CCN(Cc2cccc(Br)n2)CC1)C1NC=CO1. The maximum Gasteiger partial charge on any atom is 0.228 e. The van der Waals surface area contributed by atoms with Gasteiger partial charge in [-0.05, 0) is 72.8 Å². The second-order valence-electron chi connectivity index (χ2n) is 6.52. The van der Waals surface area contributed by atoms with Gasteiger partial charge in [0, 0.05) is 19.2 Å². The zero-order chi connectivity index (χ0) is 16.8. The minimum atomic E-state index is -0.454. The van der Waals surface area contributed by atoms with Crippen LogP contribution in [0.25, 0.3) is 0 Å². The van der Waals surface area contributed by atoms with Crippen molar-refractivity contribution in [3.8, 4) is 0 Å². The normalized spacial score (nSPS) is 21.5. The molecule has 5 nitrogen and oxygen atoms in total. The van der Waals surface area contributed by atoms with Gasteiger partial charge < -0.3 is 10.1 Å². The zero-order valence-electron chi connectivity index (χ0n) is 13.8. The van der Waals surface area contributed by atoms with Gasteiger partial charge in [-0.15, -0.1) is 0 Å². The van der Waals surface area contributed by atoms with Crippen LogP contribution in [0.5, 0.6) is 0 Å². The van der Waals surface area contributed by atoms with Gasteiger partial charge >= 0.3 is 0 Å². The summed E-state index contributed by atoms with van der Waals surface area (Å²) in [5, 5.41) is 2.91. The van der Waals surface area contributed by atoms with Crippen molar-refractivity contribution < 1.29 is 9.53 Å². The number of nitrogens with zero attached hydrogens (tertiary/aromatic N) is 2. The van der Waals surface area contributed by atoms with E-state index in [2.05, 4.69) is 37.2 Å². The van der Waals surface area contributed by atoms with E-state index in [1.54, 1.807) is 12.5 Å². The second-order valence-corrected chi connectivity index (χ2v) is 7.33. The molecule has 24 heavy (non-hydrogen) atoms. The van der Waals surface area contributed by atoms with Gasteiger partial charge in [-0.1, -0.05) is 6.07 Å². The van der Waals surface area contributed by atoms with Crippen LogP contribution in [0, 0.1) is 5.92 Å². The third kappa shape index (κ3) is 5.05. The van der Waals surface area contributed by atoms with Crippen LogP contribution in [-0.4, -0.2) is 35.0 Å². The number of pyridine rings is 1. The lowest BCUT2D eigenvalue weighted by atomic mass is 9.91. The highest BCUT2D eigenvalue weighted by molar-refractivity contribution is 9.10. The Balaban J connectivity index is 1.32. The fraction of sp³-hybridized carbons (Fsp3) is 0.556. The monoisotopic (exact) mass is 393 g/mol. The average molecular weight is 394 g/mol. The number of ketones is 1. The van der Waals surface area contributed by atoms with Crippen LogP contribution >= 0.6 is 15.9 Å². The summed E-state index contributed by atoms with van der Waals surface area (Å²) >= 11 is 3.43. The molecule has 1 saturated heterocycles. The molecule has 2 aliphatic rings. The highest BCUT2D eigenvalue weighted by Crippen LogP contribution is 2.24. The second kappa shape index (κ2) is 8.62. The van der Waals surface area contributed by atoms with Crippen molar-refractivity contribution in [2.45, 2.75) is 44.9 Å². The van der Waals surface area contributed by atoms with Crippen LogP contribution in [-0.2, 0) is 16.1 Å². The van der Waals surface area contributed by atoms with Crippen LogP contribution in [0.1, 0.15) is 37.8 Å². The number of piperidine rings is 1. The van der Waals surface area contributed by atoms with E-state index >= 15 is 0 Å². The molecular formula is C18H24BrN3O2. The number of ether oxygens (including phenoxy) is 1. The summed E-state index contributed by atoms with van der Waals surface area (Å²) in [6, 6.07) is 6.07. The molecule has 0 bridgehead atoms. The smallest absolute Gasteiger partial charge is 0.228 e. The van der Waals surface area contributed by atoms with Gasteiger partial charge in [0.05, 0.1) is 5.69 Å². The van der Waals surface area contributed by atoms with E-state index < -0.39 is 6.23 Å². The molecule has 0 saturated carbocycles. The largest absolute Gasteiger partial charge is 0.469 e. The van der Waals surface area contributed by atoms with Crippen molar-refractivity contribution in [1.82, 2.24) is 15.2 Å². The number of Topliss-reactive ketones (excluding diaryl/α,β-unsaturated/α-hetero) is 1. The number of carbonyl (C=O) groups is 1. The molecule has 130 valence electrons. The minimum absolute atomic E-state index is 0.151. The minimum Gasteiger partial charge on any atom is -0.469 e. The van der Waals surface area contributed by atoms with Crippen molar-refractivity contribution in [3.63, 3.8) is 0 Å². The van der Waals surface area contributed by atoms with E-state index in [9.17, 15) is 4.79 Å². The quantitative estimate of drug-likeness (QED) is 0.720. The van der Waals surface area contributed by atoms with Crippen molar-refractivity contribution in [2.75, 3.05) is 13.1 Å². The molecule has 3 heterocycles. The predicted octanol–water partition coefficient (Wildman–Crippen LogP) is 3.21. The maximum atomic E-state index is 11.9. The number of halogens is 1. The van der Waals surface area contributed by atoms with Crippen molar-refractivity contribution in [2.24, 2.45) is 5.92 Å². The zero-order valence-corrected chi connectivity index (χ0v) is 15.4. The molecular weight excluding hydrogens is 370 g/mol. The summed E-state index contributed by atoms with van der Waals surface area (Å²) in [6.45, 7) is 3.15. The molecule has 6 heteroatoms. The van der Waals surface area contributed by atoms with Crippen LogP contribution in [0.2, 0.25) is 0 Å². The summed E-state index contributed by atoms with van der Waals surface area (Å²) < 4.78 is 6.08. The first kappa shape index (κ1) is 17.4. The van der Waals surface area contributed by atoms with Crippen LogP contribution in [0.4, 0.5) is 0 Å². The first-order valence-electron chi connectivity index (χ1n) is 8.64. The maximum absolute atomic E-state index is 11.9. The standard InChI is InChI=1S/C18H24BrN3O2/c19-17-6-2-4-15(21-17)13-22-10-7-14(8-11-22)3-1-5-16(23)18-20-9-12-24-18/h2,4,6,9,12,14,18,20H,1,3,5,7-8,10-11,13H2. The van der Waals surface area contributed by atoms with Crippen LogP contribution in [0.3, 0.4) is 0 Å². The summed E-state index contributed by atoms with van der Waals surface area (Å²) in [5.74, 6) is 0.887. The highest BCUT2D eigenvalue weighted by Gasteiger charge is 2.22. The summed E-state index contributed by atoms with van der Waals surface area (Å²) in [6.07, 6.45) is 7.87. The Labute approximate surface area is 151 Å². The van der Waals surface area contributed by atoms with Gasteiger partial charge in [-0.3, -0.25) is 9.69 Å². The van der Waals surface area contributed by atoms with Gasteiger partial charge in [0.15, 0.2) is 5.78 Å². The van der Waals surface area contributed by atoms with Gasteiger partial charge in [-0.2, -0.15) is 0 Å². The third-order valence-electron chi connectivity index (χ3n) is 4.72. The molecule has 1 fully saturated rings. The Kier molecular flexibility index (Phi) is 6.26. The molecule has 0 aliphatic carbocycles. The Morgan fingerprint density at radius 3 is 2.92 bits per heavy atom. The predicted molar refractivity (Wildman–Crippen MR) is 95.9 cm³/mol. The highest BCUT2D eigenvalue weighted by atomic mass is 79.9. The summed E-state index contributed by atoms with van der Waals surface area (Å²) in [7, 11) is 0. The number of rotatable bonds is 7. The lowest BCUT2D eigenvalue weighted by Crippen LogP contribution is -2.34. The lowest BCUT2D eigenvalue weighted by molar-refractivity contribution is -0.127. The molecule has 0 amide bonds. The number of carbonyl (C=O) groups excluding carboxylic acids is 1. The van der Waals surface area contributed by atoms with Gasteiger partial charge in [0.2, 0.25) is 6.23 Å². The molecule has 1 unspecified atom stereocenters. The topological polar surface area (TPSA) is 54.5 Å². The van der Waals surface area contributed by atoms with E-state index in [0.29, 0.717) is 6.42 Å². The Hall–Kier alpha value is -1.40. The first-order valence-corrected chi connectivity index (χ1v) is 9.43. The van der Waals surface area contributed by atoms with E-state index in [1.165, 1.54) is 12.8 Å². The van der Waals surface area contributed by atoms with Gasteiger partial charge in [-0.25, -0.2) is 4.98 Å². The third-order valence-corrected chi connectivity index (χ3v) is 5.17. The van der Waals surface area contributed by atoms with Crippen molar-refractivity contribution in [3.05, 3.63) is 41.0 Å². The number of hydrogen-bond donors (Lipinski definition) is 1. The summed E-state index contributed by atoms with van der Waals surface area (Å²) in [4.78, 5) is 18.9. The van der Waals surface area contributed by atoms with Gasteiger partial charge in [0.1, 0.15) is 10.9 Å². The van der Waals surface area contributed by atoms with Crippen molar-refractivity contribution >= 4 is 21.7 Å². The molecule has 1 aromatic rings. The van der Waals surface area contributed by atoms with Crippen LogP contribution < -0.4 is 5.32 Å². The van der Waals surface area contributed by atoms with E-state index in [1.807, 2.05) is 12.1 Å². The number of hydrogen-bond acceptors (Lipinski definition) is 5. The Bertz CT molecular complexity index is 577. The van der Waals surface area contributed by atoms with E-state index in [0.717, 1.165) is 48.7 Å². The average Bonchev–Trinajstić information content (AvgIpc) is 3.11. The Morgan fingerprint density at radius 1 is 1.38 bits per heavy atom. The van der Waals surface area contributed by atoms with Crippen molar-refractivity contribution in [1.29, 1.82) is 0 Å². The molecule has 1 atom stereocenters. The molecule has 1 aromatic heterocycles. The molecule has 0 aromatic carbocycles. The molecule has 3 rings (SSSR count). The van der Waals surface area contributed by atoms with Crippen LogP contribution in [0.15, 0.2) is 35.3 Å². The number of aromatic nitrogens is 1. The molecule has 2 aliphatic heterocycles.